The highest BCUT2D eigenvalue weighted by atomic mass is 16.1. The first-order chi connectivity index (χ1) is 15.6. The van der Waals surface area contributed by atoms with Gasteiger partial charge in [0, 0.05) is 29.9 Å². The molecule has 2 N–H and O–H groups in total. The number of pyridine rings is 2. The minimum atomic E-state index is -0.484. The second-order valence-corrected chi connectivity index (χ2v) is 7.57. The van der Waals surface area contributed by atoms with Crippen LogP contribution in [0.4, 0.5) is 11.6 Å². The van der Waals surface area contributed by atoms with E-state index in [2.05, 4.69) is 20.6 Å². The van der Waals surface area contributed by atoms with Gasteiger partial charge in [-0.15, -0.1) is 5.10 Å². The molecule has 0 radical (unpaired) electrons. The SMILES string of the molecule is CC1=C(C(=O)Nc2cccnc2)C(c2cccnc2)n2nc(-c3ccccc3C)nc2N1. The second-order valence-electron chi connectivity index (χ2n) is 7.57. The lowest BCUT2D eigenvalue weighted by Gasteiger charge is -2.28. The number of nitrogens with one attached hydrogen (secondary N) is 2. The molecule has 0 saturated heterocycles. The van der Waals surface area contributed by atoms with Gasteiger partial charge >= 0.3 is 0 Å². The molecule has 1 aromatic carbocycles. The highest BCUT2D eigenvalue weighted by molar-refractivity contribution is 6.05. The van der Waals surface area contributed by atoms with E-state index in [9.17, 15) is 4.79 Å². The van der Waals surface area contributed by atoms with Crippen molar-refractivity contribution in [3.63, 3.8) is 0 Å². The first kappa shape index (κ1) is 19.6. The van der Waals surface area contributed by atoms with Gasteiger partial charge in [-0.05, 0) is 43.2 Å². The number of fused-ring (bicyclic) bond motifs is 1. The van der Waals surface area contributed by atoms with E-state index in [1.165, 1.54) is 0 Å². The first-order valence-electron chi connectivity index (χ1n) is 10.2. The molecule has 8 nitrogen and oxygen atoms in total. The maximum atomic E-state index is 13.4. The van der Waals surface area contributed by atoms with Crippen molar-refractivity contribution in [1.82, 2.24) is 24.7 Å². The van der Waals surface area contributed by atoms with Gasteiger partial charge in [-0.1, -0.05) is 30.3 Å². The third kappa shape index (κ3) is 3.51. The van der Waals surface area contributed by atoms with Gasteiger partial charge in [0.2, 0.25) is 5.95 Å². The minimum Gasteiger partial charge on any atom is -0.328 e. The summed E-state index contributed by atoms with van der Waals surface area (Å²) in [4.78, 5) is 26.5. The Morgan fingerprint density at radius 3 is 2.50 bits per heavy atom. The summed E-state index contributed by atoms with van der Waals surface area (Å²) in [6.45, 7) is 3.89. The highest BCUT2D eigenvalue weighted by Gasteiger charge is 2.34. The Kier molecular flexibility index (Phi) is 4.95. The molecule has 4 aromatic rings. The topological polar surface area (TPSA) is 97.6 Å². The highest BCUT2D eigenvalue weighted by Crippen LogP contribution is 2.36. The van der Waals surface area contributed by atoms with E-state index in [4.69, 9.17) is 10.1 Å². The Balaban J connectivity index is 1.61. The molecule has 1 aliphatic rings. The molecule has 0 aliphatic carbocycles. The van der Waals surface area contributed by atoms with Crippen LogP contribution in [0.25, 0.3) is 11.4 Å². The Bertz CT molecular complexity index is 1310. The van der Waals surface area contributed by atoms with E-state index < -0.39 is 6.04 Å². The van der Waals surface area contributed by atoms with E-state index in [1.807, 2.05) is 50.2 Å². The van der Waals surface area contributed by atoms with Crippen LogP contribution >= 0.6 is 0 Å². The van der Waals surface area contributed by atoms with Crippen molar-refractivity contribution >= 4 is 17.5 Å². The van der Waals surface area contributed by atoms with E-state index in [1.54, 1.807) is 41.6 Å². The van der Waals surface area contributed by atoms with Crippen molar-refractivity contribution in [2.45, 2.75) is 19.9 Å². The van der Waals surface area contributed by atoms with Crippen molar-refractivity contribution in [3.8, 4) is 11.4 Å². The van der Waals surface area contributed by atoms with Crippen LogP contribution in [-0.4, -0.2) is 30.6 Å². The van der Waals surface area contributed by atoms with Crippen molar-refractivity contribution < 1.29 is 4.79 Å². The zero-order chi connectivity index (χ0) is 22.1. The van der Waals surface area contributed by atoms with E-state index in [0.29, 0.717) is 28.7 Å². The van der Waals surface area contributed by atoms with Crippen LogP contribution in [0.1, 0.15) is 24.1 Å². The summed E-state index contributed by atoms with van der Waals surface area (Å²) >= 11 is 0. The van der Waals surface area contributed by atoms with Crippen LogP contribution in [0.5, 0.6) is 0 Å². The maximum absolute atomic E-state index is 13.4. The molecular weight excluding hydrogens is 402 g/mol. The average molecular weight is 423 g/mol. The van der Waals surface area contributed by atoms with Crippen LogP contribution in [0.3, 0.4) is 0 Å². The number of aryl methyl sites for hydroxylation is 1. The smallest absolute Gasteiger partial charge is 0.255 e. The molecule has 1 unspecified atom stereocenters. The normalized spacial score (nSPS) is 15.1. The molecule has 0 bridgehead atoms. The van der Waals surface area contributed by atoms with E-state index in [0.717, 1.165) is 16.7 Å². The average Bonchev–Trinajstić information content (AvgIpc) is 3.23. The fourth-order valence-electron chi connectivity index (χ4n) is 3.86. The predicted octanol–water partition coefficient (Wildman–Crippen LogP) is 3.97. The molecule has 1 amide bonds. The number of allylic oxidation sites excluding steroid dienone is 1. The molecule has 32 heavy (non-hydrogen) atoms. The molecule has 0 saturated carbocycles. The molecule has 0 fully saturated rings. The molecular formula is C24H21N7O. The zero-order valence-corrected chi connectivity index (χ0v) is 17.6. The number of rotatable bonds is 4. The Morgan fingerprint density at radius 2 is 1.78 bits per heavy atom. The van der Waals surface area contributed by atoms with Gasteiger partial charge in [0.15, 0.2) is 5.82 Å². The van der Waals surface area contributed by atoms with Gasteiger partial charge < -0.3 is 10.6 Å². The number of hydrogen-bond acceptors (Lipinski definition) is 6. The fourth-order valence-corrected chi connectivity index (χ4v) is 3.86. The zero-order valence-electron chi connectivity index (χ0n) is 17.6. The molecule has 8 heteroatoms. The molecule has 0 spiro atoms. The lowest BCUT2D eigenvalue weighted by Crippen LogP contribution is -2.31. The van der Waals surface area contributed by atoms with Gasteiger partial charge in [-0.25, -0.2) is 4.68 Å². The van der Waals surface area contributed by atoms with Gasteiger partial charge in [-0.3, -0.25) is 14.8 Å². The summed E-state index contributed by atoms with van der Waals surface area (Å²) < 4.78 is 1.75. The molecule has 1 atom stereocenters. The summed E-state index contributed by atoms with van der Waals surface area (Å²) in [7, 11) is 0. The van der Waals surface area contributed by atoms with E-state index in [-0.39, 0.29) is 5.91 Å². The molecule has 1 aliphatic heterocycles. The third-order valence-corrected chi connectivity index (χ3v) is 5.40. The van der Waals surface area contributed by atoms with Crippen molar-refractivity contribution in [2.75, 3.05) is 10.6 Å². The number of carbonyl (C=O) groups excluding carboxylic acids is 1. The Labute approximate surface area is 185 Å². The van der Waals surface area contributed by atoms with Crippen LogP contribution in [0, 0.1) is 6.92 Å². The molecule has 4 heterocycles. The Morgan fingerprint density at radius 1 is 1.00 bits per heavy atom. The van der Waals surface area contributed by atoms with Crippen LogP contribution in [0.15, 0.2) is 84.6 Å². The van der Waals surface area contributed by atoms with Crippen LogP contribution < -0.4 is 10.6 Å². The van der Waals surface area contributed by atoms with Crippen LogP contribution in [-0.2, 0) is 4.79 Å². The summed E-state index contributed by atoms with van der Waals surface area (Å²) in [5, 5.41) is 11.0. The third-order valence-electron chi connectivity index (χ3n) is 5.40. The minimum absolute atomic E-state index is 0.240. The van der Waals surface area contributed by atoms with Crippen molar-refractivity contribution in [3.05, 3.63) is 95.7 Å². The molecule has 5 rings (SSSR count). The number of anilines is 2. The van der Waals surface area contributed by atoms with Gasteiger partial charge in [0.1, 0.15) is 6.04 Å². The summed E-state index contributed by atoms with van der Waals surface area (Å²) in [6.07, 6.45) is 6.73. The number of nitrogens with zero attached hydrogens (tertiary/aromatic N) is 5. The standard InChI is InChI=1S/C24H21N7O/c1-15-7-3-4-10-19(15)22-29-24-27-16(2)20(23(32)28-18-9-6-12-26-14-18)21(31(24)30-22)17-8-5-11-25-13-17/h3-14,21H,1-2H3,(H,28,32)(H,27,29,30). The van der Waals surface area contributed by atoms with Gasteiger partial charge in [0.05, 0.1) is 17.5 Å². The lowest BCUT2D eigenvalue weighted by atomic mass is 9.96. The van der Waals surface area contributed by atoms with Crippen molar-refractivity contribution in [2.24, 2.45) is 0 Å². The first-order valence-corrected chi connectivity index (χ1v) is 10.2. The van der Waals surface area contributed by atoms with Gasteiger partial charge in [-0.2, -0.15) is 4.98 Å². The Hall–Kier alpha value is -4.33. The number of carbonyl (C=O) groups is 1. The largest absolute Gasteiger partial charge is 0.328 e. The molecule has 3 aromatic heterocycles. The monoisotopic (exact) mass is 423 g/mol. The second kappa shape index (κ2) is 8.07. The van der Waals surface area contributed by atoms with Crippen molar-refractivity contribution in [1.29, 1.82) is 0 Å². The quantitative estimate of drug-likeness (QED) is 0.515. The lowest BCUT2D eigenvalue weighted by molar-refractivity contribution is -0.113. The molecule has 158 valence electrons. The summed E-state index contributed by atoms with van der Waals surface area (Å²) in [5.41, 5.74) is 4.72. The number of hydrogen-bond donors (Lipinski definition) is 2. The fraction of sp³-hybridized carbons (Fsp3) is 0.125. The van der Waals surface area contributed by atoms with Gasteiger partial charge in [0.25, 0.3) is 5.91 Å². The predicted molar refractivity (Wildman–Crippen MR) is 122 cm³/mol. The summed E-state index contributed by atoms with van der Waals surface area (Å²) in [6, 6.07) is 14.8. The number of aromatic nitrogens is 5. The summed E-state index contributed by atoms with van der Waals surface area (Å²) in [5.74, 6) is 0.934. The number of benzene rings is 1. The maximum Gasteiger partial charge on any atom is 0.255 e. The van der Waals surface area contributed by atoms with Crippen LogP contribution in [0.2, 0.25) is 0 Å². The number of amides is 1. The van der Waals surface area contributed by atoms with E-state index >= 15 is 0 Å².